The van der Waals surface area contributed by atoms with Crippen LogP contribution in [0.15, 0.2) is 48.7 Å². The van der Waals surface area contributed by atoms with Gasteiger partial charge >= 0.3 is 6.03 Å². The van der Waals surface area contributed by atoms with Gasteiger partial charge in [0, 0.05) is 19.6 Å². The molecule has 3 rings (SSSR count). The van der Waals surface area contributed by atoms with E-state index in [1.807, 2.05) is 18.2 Å². The highest BCUT2D eigenvalue weighted by Gasteiger charge is 2.14. The number of benzene rings is 1. The molecule has 0 aliphatic carbocycles. The van der Waals surface area contributed by atoms with E-state index in [-0.39, 0.29) is 18.1 Å². The summed E-state index contributed by atoms with van der Waals surface area (Å²) >= 11 is 0. The van der Waals surface area contributed by atoms with Crippen molar-refractivity contribution < 1.29 is 13.2 Å². The van der Waals surface area contributed by atoms with Gasteiger partial charge in [0.05, 0.1) is 23.4 Å². The van der Waals surface area contributed by atoms with Crippen molar-refractivity contribution in [3.63, 3.8) is 0 Å². The topological polar surface area (TPSA) is 91.4 Å². The fourth-order valence-corrected chi connectivity index (χ4v) is 4.42. The molecule has 1 aromatic heterocycles. The predicted octanol–water partition coefficient (Wildman–Crippen LogP) is 2.81. The summed E-state index contributed by atoms with van der Waals surface area (Å²) in [4.78, 5) is 18.6. The minimum absolute atomic E-state index is 0.0287. The number of amides is 2. The van der Waals surface area contributed by atoms with Crippen LogP contribution in [0.3, 0.4) is 0 Å². The number of hydrogen-bond acceptors (Lipinski definition) is 5. The van der Waals surface area contributed by atoms with Crippen LogP contribution in [0.4, 0.5) is 16.3 Å². The van der Waals surface area contributed by atoms with Crippen molar-refractivity contribution in [2.45, 2.75) is 25.0 Å². The summed E-state index contributed by atoms with van der Waals surface area (Å²) in [5.74, 6) is 0.776. The molecule has 8 heteroatoms. The van der Waals surface area contributed by atoms with E-state index in [2.05, 4.69) is 20.5 Å². The third-order valence-electron chi connectivity index (χ3n) is 4.61. The first-order chi connectivity index (χ1) is 13.5. The molecule has 2 heterocycles. The van der Waals surface area contributed by atoms with Gasteiger partial charge in [-0.25, -0.2) is 18.2 Å². The molecule has 0 atom stereocenters. The summed E-state index contributed by atoms with van der Waals surface area (Å²) < 4.78 is 24.3. The van der Waals surface area contributed by atoms with Crippen LogP contribution in [0.25, 0.3) is 0 Å². The molecule has 150 valence electrons. The lowest BCUT2D eigenvalue weighted by molar-refractivity contribution is 0.252. The number of carbonyl (C=O) groups is 1. The normalized spacial score (nSPS) is 14.5. The van der Waals surface area contributed by atoms with E-state index in [1.165, 1.54) is 19.3 Å². The molecule has 0 unspecified atom stereocenters. The number of sulfone groups is 1. The number of pyridine rings is 1. The Morgan fingerprint density at radius 2 is 1.79 bits per heavy atom. The molecule has 1 aliphatic heterocycles. The van der Waals surface area contributed by atoms with Gasteiger partial charge in [-0.15, -0.1) is 0 Å². The summed E-state index contributed by atoms with van der Waals surface area (Å²) in [5, 5.41) is 5.27. The standard InChI is InChI=1S/C20H26N4O3S/c25-20(21-11-14-28(26,27)16-17-7-3-1-4-8-17)23-18-9-10-19(22-15-18)24-12-5-2-6-13-24/h1,3-4,7-10,15H,2,5-6,11-14,16H2,(H2,21,23,25). The van der Waals surface area contributed by atoms with E-state index in [0.717, 1.165) is 24.5 Å². The Kier molecular flexibility index (Phi) is 6.86. The van der Waals surface area contributed by atoms with Gasteiger partial charge in [-0.2, -0.15) is 0 Å². The minimum Gasteiger partial charge on any atom is -0.357 e. The number of nitrogens with zero attached hydrogens (tertiary/aromatic N) is 2. The number of urea groups is 1. The SMILES string of the molecule is O=C(NCCS(=O)(=O)Cc1ccccc1)Nc1ccc(N2CCCCC2)nc1. The number of hydrogen-bond donors (Lipinski definition) is 2. The number of aromatic nitrogens is 1. The van der Waals surface area contributed by atoms with Crippen LogP contribution in [0, 0.1) is 0 Å². The van der Waals surface area contributed by atoms with Crippen molar-refractivity contribution >= 4 is 27.4 Å². The lowest BCUT2D eigenvalue weighted by Gasteiger charge is -2.27. The second-order valence-corrected chi connectivity index (χ2v) is 9.10. The Bertz CT molecular complexity index is 864. The number of rotatable bonds is 7. The van der Waals surface area contributed by atoms with Crippen LogP contribution >= 0.6 is 0 Å². The van der Waals surface area contributed by atoms with Gasteiger partial charge in [0.1, 0.15) is 5.82 Å². The third-order valence-corrected chi connectivity index (χ3v) is 6.21. The molecule has 2 amide bonds. The van der Waals surface area contributed by atoms with E-state index in [9.17, 15) is 13.2 Å². The van der Waals surface area contributed by atoms with Gasteiger partial charge in [0.25, 0.3) is 0 Å². The molecule has 0 spiro atoms. The van der Waals surface area contributed by atoms with Crippen LogP contribution in [-0.2, 0) is 15.6 Å². The van der Waals surface area contributed by atoms with Crippen LogP contribution in [0.5, 0.6) is 0 Å². The lowest BCUT2D eigenvalue weighted by atomic mass is 10.1. The Labute approximate surface area is 166 Å². The fraction of sp³-hybridized carbons (Fsp3) is 0.400. The van der Waals surface area contributed by atoms with Gasteiger partial charge < -0.3 is 15.5 Å². The summed E-state index contributed by atoms with van der Waals surface area (Å²) in [6, 6.07) is 12.3. The molecule has 2 N–H and O–H groups in total. The molecular formula is C20H26N4O3S. The number of anilines is 2. The molecule has 1 fully saturated rings. The number of piperidine rings is 1. The highest BCUT2D eigenvalue weighted by molar-refractivity contribution is 7.90. The molecule has 0 saturated carbocycles. The molecule has 2 aromatic rings. The zero-order valence-corrected chi connectivity index (χ0v) is 16.6. The van der Waals surface area contributed by atoms with Crippen molar-refractivity contribution in [2.24, 2.45) is 0 Å². The summed E-state index contributed by atoms with van der Waals surface area (Å²) in [7, 11) is -3.28. The first-order valence-corrected chi connectivity index (χ1v) is 11.3. The second kappa shape index (κ2) is 9.54. The van der Waals surface area contributed by atoms with Gasteiger partial charge in [-0.3, -0.25) is 0 Å². The molecule has 7 nitrogen and oxygen atoms in total. The van der Waals surface area contributed by atoms with E-state index in [4.69, 9.17) is 0 Å². The second-order valence-electron chi connectivity index (χ2n) is 6.91. The Morgan fingerprint density at radius 1 is 1.04 bits per heavy atom. The van der Waals surface area contributed by atoms with Gasteiger partial charge in [-0.1, -0.05) is 30.3 Å². The van der Waals surface area contributed by atoms with E-state index >= 15 is 0 Å². The smallest absolute Gasteiger partial charge is 0.319 e. The number of nitrogens with one attached hydrogen (secondary N) is 2. The molecule has 28 heavy (non-hydrogen) atoms. The summed E-state index contributed by atoms with van der Waals surface area (Å²) in [6.45, 7) is 2.08. The van der Waals surface area contributed by atoms with E-state index in [0.29, 0.717) is 5.69 Å². The van der Waals surface area contributed by atoms with Crippen LogP contribution < -0.4 is 15.5 Å². The quantitative estimate of drug-likeness (QED) is 0.743. The van der Waals surface area contributed by atoms with Crippen molar-refractivity contribution in [1.82, 2.24) is 10.3 Å². The third kappa shape index (κ3) is 6.23. The molecular weight excluding hydrogens is 376 g/mol. The average molecular weight is 403 g/mol. The lowest BCUT2D eigenvalue weighted by Crippen LogP contribution is -2.33. The molecule has 0 bridgehead atoms. The maximum absolute atomic E-state index is 12.1. The van der Waals surface area contributed by atoms with Crippen LogP contribution in [0.1, 0.15) is 24.8 Å². The monoisotopic (exact) mass is 402 g/mol. The van der Waals surface area contributed by atoms with Crippen molar-refractivity contribution in [1.29, 1.82) is 0 Å². The first kappa shape index (κ1) is 20.1. The van der Waals surface area contributed by atoms with Crippen LogP contribution in [-0.4, -0.2) is 44.8 Å². The van der Waals surface area contributed by atoms with Crippen LogP contribution in [0.2, 0.25) is 0 Å². The Morgan fingerprint density at radius 3 is 2.46 bits per heavy atom. The highest BCUT2D eigenvalue weighted by Crippen LogP contribution is 2.18. The predicted molar refractivity (Wildman–Crippen MR) is 111 cm³/mol. The number of carbonyl (C=O) groups excluding carboxylic acids is 1. The van der Waals surface area contributed by atoms with Crippen molar-refractivity contribution in [3.05, 3.63) is 54.2 Å². The van der Waals surface area contributed by atoms with E-state index in [1.54, 1.807) is 30.5 Å². The molecule has 0 radical (unpaired) electrons. The summed E-state index contributed by atoms with van der Waals surface area (Å²) in [5.41, 5.74) is 1.32. The van der Waals surface area contributed by atoms with Crippen molar-refractivity contribution in [2.75, 3.05) is 35.6 Å². The molecule has 1 aromatic carbocycles. The average Bonchev–Trinajstić information content (AvgIpc) is 2.69. The van der Waals surface area contributed by atoms with Gasteiger partial charge in [-0.05, 0) is 37.0 Å². The Balaban J connectivity index is 1.42. The summed E-state index contributed by atoms with van der Waals surface area (Å²) in [6.07, 6.45) is 5.24. The zero-order chi connectivity index (χ0) is 19.8. The van der Waals surface area contributed by atoms with Gasteiger partial charge in [0.15, 0.2) is 9.84 Å². The van der Waals surface area contributed by atoms with Gasteiger partial charge in [0.2, 0.25) is 0 Å². The first-order valence-electron chi connectivity index (χ1n) is 9.52. The highest BCUT2D eigenvalue weighted by atomic mass is 32.2. The Hall–Kier alpha value is -2.61. The largest absolute Gasteiger partial charge is 0.357 e. The fourth-order valence-electron chi connectivity index (χ4n) is 3.17. The van der Waals surface area contributed by atoms with Crippen molar-refractivity contribution in [3.8, 4) is 0 Å². The maximum atomic E-state index is 12.1. The molecule has 1 aliphatic rings. The zero-order valence-electron chi connectivity index (χ0n) is 15.8. The minimum atomic E-state index is -3.28. The molecule has 1 saturated heterocycles. The maximum Gasteiger partial charge on any atom is 0.319 e. The van der Waals surface area contributed by atoms with E-state index < -0.39 is 15.9 Å².